The van der Waals surface area contributed by atoms with Crippen LogP contribution in [0.3, 0.4) is 0 Å². The van der Waals surface area contributed by atoms with Crippen molar-refractivity contribution >= 4 is 33.4 Å². The first-order chi connectivity index (χ1) is 11.6. The first-order valence-electron chi connectivity index (χ1n) is 7.58. The molecule has 8 nitrogen and oxygen atoms in total. The molecule has 1 fully saturated rings. The average molecular weight is 382 g/mol. The highest BCUT2D eigenvalue weighted by molar-refractivity contribution is 8.03. The van der Waals surface area contributed by atoms with Gasteiger partial charge in [0.05, 0.1) is 40.0 Å². The van der Waals surface area contributed by atoms with E-state index in [0.717, 1.165) is 11.8 Å². The highest BCUT2D eigenvalue weighted by Crippen LogP contribution is 2.41. The van der Waals surface area contributed by atoms with Crippen LogP contribution in [0.2, 0.25) is 0 Å². The molecule has 0 aliphatic carbocycles. The summed E-state index contributed by atoms with van der Waals surface area (Å²) in [5.41, 5.74) is -0.704. The molecule has 0 unspecified atom stereocenters. The Labute approximate surface area is 150 Å². The fourth-order valence-corrected chi connectivity index (χ4v) is 5.51. The number of rotatable bonds is 4. The molecule has 0 aromatic carbocycles. The molecule has 0 bridgehead atoms. The number of hydrogen-bond acceptors (Lipinski definition) is 7. The Kier molecular flexibility index (Phi) is 5.45. The lowest BCUT2D eigenvalue weighted by Crippen LogP contribution is -2.45. The zero-order valence-corrected chi connectivity index (χ0v) is 15.5. The van der Waals surface area contributed by atoms with Crippen LogP contribution in [0.4, 0.5) is 0 Å². The van der Waals surface area contributed by atoms with E-state index in [1.54, 1.807) is 13.8 Å². The lowest BCUT2D eigenvalue weighted by molar-refractivity contribution is -0.125. The number of carbonyl (C=O) groups excluding carboxylic acids is 2. The zero-order chi connectivity index (χ0) is 18.8. The average Bonchev–Trinajstić information content (AvgIpc) is 2.83. The SMILES string of the molecule is CC1(C)C(C#N)=C(SCC(=O)N[C@H]2CCS(=O)(=O)C2)NC(=O)[C@@H]1C#N. The van der Waals surface area contributed by atoms with Crippen LogP contribution in [0.5, 0.6) is 0 Å². The van der Waals surface area contributed by atoms with Gasteiger partial charge in [0.25, 0.3) is 0 Å². The van der Waals surface area contributed by atoms with Gasteiger partial charge in [0.15, 0.2) is 9.84 Å². The predicted octanol–water partition coefficient (Wildman–Crippen LogP) is 0.0539. The van der Waals surface area contributed by atoms with E-state index in [1.165, 1.54) is 0 Å². The number of carbonyl (C=O) groups is 2. The molecule has 0 radical (unpaired) electrons. The number of allylic oxidation sites excluding steroid dienone is 1. The van der Waals surface area contributed by atoms with Gasteiger partial charge < -0.3 is 10.6 Å². The summed E-state index contributed by atoms with van der Waals surface area (Å²) in [6.45, 7) is 3.28. The Balaban J connectivity index is 2.05. The zero-order valence-electron chi connectivity index (χ0n) is 13.8. The maximum absolute atomic E-state index is 12.0. The van der Waals surface area contributed by atoms with E-state index in [0.29, 0.717) is 6.42 Å². The monoisotopic (exact) mass is 382 g/mol. The molecule has 0 aromatic rings. The Bertz CT molecular complexity index is 817. The van der Waals surface area contributed by atoms with Crippen LogP contribution in [0, 0.1) is 34.0 Å². The highest BCUT2D eigenvalue weighted by atomic mass is 32.2. The number of sulfone groups is 1. The Morgan fingerprint density at radius 1 is 1.44 bits per heavy atom. The van der Waals surface area contributed by atoms with Gasteiger partial charge in [-0.3, -0.25) is 9.59 Å². The van der Waals surface area contributed by atoms with Crippen molar-refractivity contribution in [2.24, 2.45) is 11.3 Å². The molecular weight excluding hydrogens is 364 g/mol. The van der Waals surface area contributed by atoms with Gasteiger partial charge in [-0.15, -0.1) is 0 Å². The third-order valence-electron chi connectivity index (χ3n) is 4.28. The van der Waals surface area contributed by atoms with Gasteiger partial charge in [-0.05, 0) is 6.42 Å². The van der Waals surface area contributed by atoms with Gasteiger partial charge >= 0.3 is 0 Å². The van der Waals surface area contributed by atoms with Crippen molar-refractivity contribution in [2.45, 2.75) is 26.3 Å². The smallest absolute Gasteiger partial charge is 0.243 e. The van der Waals surface area contributed by atoms with E-state index in [9.17, 15) is 23.3 Å². The van der Waals surface area contributed by atoms with Crippen molar-refractivity contribution in [1.29, 1.82) is 10.5 Å². The lowest BCUT2D eigenvalue weighted by Gasteiger charge is -2.34. The van der Waals surface area contributed by atoms with E-state index in [-0.39, 0.29) is 33.8 Å². The summed E-state index contributed by atoms with van der Waals surface area (Å²) in [7, 11) is -3.08. The summed E-state index contributed by atoms with van der Waals surface area (Å²) in [5.74, 6) is -1.92. The molecule has 134 valence electrons. The Morgan fingerprint density at radius 3 is 2.64 bits per heavy atom. The van der Waals surface area contributed by atoms with Crippen LogP contribution in [-0.4, -0.2) is 43.5 Å². The number of hydrogen-bond donors (Lipinski definition) is 2. The lowest BCUT2D eigenvalue weighted by atomic mass is 9.72. The van der Waals surface area contributed by atoms with E-state index in [4.69, 9.17) is 5.26 Å². The molecule has 2 heterocycles. The number of nitrogens with one attached hydrogen (secondary N) is 2. The van der Waals surface area contributed by atoms with E-state index in [1.807, 2.05) is 12.1 Å². The molecule has 10 heteroatoms. The molecule has 0 spiro atoms. The number of nitriles is 2. The number of nitrogens with zero attached hydrogens (tertiary/aromatic N) is 2. The summed E-state index contributed by atoms with van der Waals surface area (Å²) in [5, 5.41) is 24.0. The topological polar surface area (TPSA) is 140 Å². The van der Waals surface area contributed by atoms with Crippen LogP contribution in [0.15, 0.2) is 10.6 Å². The van der Waals surface area contributed by atoms with Gasteiger partial charge in [-0.25, -0.2) is 8.42 Å². The fraction of sp³-hybridized carbons (Fsp3) is 0.600. The third kappa shape index (κ3) is 4.14. The van der Waals surface area contributed by atoms with Crippen molar-refractivity contribution in [3.63, 3.8) is 0 Å². The standard InChI is InChI=1S/C15H18N4O4S2/c1-15(2)10(5-16)13(21)19-14(11(15)6-17)24-7-12(20)18-9-3-4-25(22,23)8-9/h9-10H,3-4,7-8H2,1-2H3,(H,18,20)(H,19,21)/t9-,10-/m0/s1. The molecule has 0 aromatic heterocycles. The summed E-state index contributed by atoms with van der Waals surface area (Å²) >= 11 is 0.994. The molecule has 25 heavy (non-hydrogen) atoms. The number of amides is 2. The first-order valence-corrected chi connectivity index (χ1v) is 10.4. The van der Waals surface area contributed by atoms with Crippen molar-refractivity contribution in [2.75, 3.05) is 17.3 Å². The van der Waals surface area contributed by atoms with Crippen LogP contribution in [-0.2, 0) is 19.4 Å². The maximum atomic E-state index is 12.0. The second-order valence-electron chi connectivity index (χ2n) is 6.55. The number of thioether (sulfide) groups is 1. The van der Waals surface area contributed by atoms with Crippen molar-refractivity contribution in [1.82, 2.24) is 10.6 Å². The van der Waals surface area contributed by atoms with Gasteiger partial charge in [-0.2, -0.15) is 10.5 Å². The molecule has 2 aliphatic heterocycles. The molecule has 0 saturated carbocycles. The van der Waals surface area contributed by atoms with Crippen molar-refractivity contribution in [3.8, 4) is 12.1 Å². The van der Waals surface area contributed by atoms with Crippen LogP contribution >= 0.6 is 11.8 Å². The predicted molar refractivity (Wildman–Crippen MR) is 91.3 cm³/mol. The van der Waals surface area contributed by atoms with E-state index < -0.39 is 33.1 Å². The van der Waals surface area contributed by atoms with Crippen molar-refractivity contribution in [3.05, 3.63) is 10.6 Å². The normalized spacial score (nSPS) is 27.1. The van der Waals surface area contributed by atoms with Gasteiger partial charge in [0.1, 0.15) is 5.92 Å². The molecule has 1 saturated heterocycles. The second-order valence-corrected chi connectivity index (χ2v) is 9.76. The first kappa shape index (κ1) is 19.3. The van der Waals surface area contributed by atoms with Gasteiger partial charge in [-0.1, -0.05) is 25.6 Å². The van der Waals surface area contributed by atoms with Crippen LogP contribution in [0.1, 0.15) is 20.3 Å². The maximum Gasteiger partial charge on any atom is 0.243 e. The summed E-state index contributed by atoms with van der Waals surface area (Å²) in [6.07, 6.45) is 0.387. The molecule has 2 aliphatic rings. The molecule has 2 rings (SSSR count). The molecular formula is C15H18N4O4S2. The van der Waals surface area contributed by atoms with Crippen LogP contribution < -0.4 is 10.6 Å². The van der Waals surface area contributed by atoms with Crippen LogP contribution in [0.25, 0.3) is 0 Å². The Morgan fingerprint density at radius 2 is 2.12 bits per heavy atom. The molecule has 2 N–H and O–H groups in total. The minimum absolute atomic E-state index is 0.0641. The largest absolute Gasteiger partial charge is 0.352 e. The minimum atomic E-state index is -3.08. The minimum Gasteiger partial charge on any atom is -0.352 e. The molecule has 2 amide bonds. The second kappa shape index (κ2) is 7.06. The third-order valence-corrected chi connectivity index (χ3v) is 7.05. The summed E-state index contributed by atoms with van der Waals surface area (Å²) < 4.78 is 22.8. The summed E-state index contributed by atoms with van der Waals surface area (Å²) in [6, 6.07) is 3.53. The molecule has 2 atom stereocenters. The quantitative estimate of drug-likeness (QED) is 0.700. The highest BCUT2D eigenvalue weighted by Gasteiger charge is 2.44. The summed E-state index contributed by atoms with van der Waals surface area (Å²) in [4.78, 5) is 24.1. The van der Waals surface area contributed by atoms with Gasteiger partial charge in [0.2, 0.25) is 11.8 Å². The Hall–Kier alpha value is -2.04. The fourth-order valence-electron chi connectivity index (χ4n) is 2.85. The van der Waals surface area contributed by atoms with Gasteiger partial charge in [0, 0.05) is 11.5 Å². The van der Waals surface area contributed by atoms with Crippen molar-refractivity contribution < 1.29 is 18.0 Å². The van der Waals surface area contributed by atoms with E-state index >= 15 is 0 Å². The van der Waals surface area contributed by atoms with E-state index in [2.05, 4.69) is 10.6 Å².